The molecular weight excluding hydrogens is 626 g/mol. The van der Waals surface area contributed by atoms with Gasteiger partial charge in [0.1, 0.15) is 0 Å². The molecule has 6 nitrogen and oxygen atoms in total. The standard InChI is InChI=1S/C35H30F6N2O4/c1-17-9-11-20(13-19(17)3)33(34(36,37)38,35(39,40)41)21-12-10-18(2)27(14-21)43-31(46)26-15-24(25-16-28(44)42(4)30(25)45)22-7-5-6-8-23(22)29(26)32(43)47/h5-14,24-26,29H,15-16H2,1-4H3. The summed E-state index contributed by atoms with van der Waals surface area (Å²) in [4.78, 5) is 55.3. The van der Waals surface area contributed by atoms with E-state index in [0.717, 1.165) is 29.2 Å². The highest BCUT2D eigenvalue weighted by Gasteiger charge is 2.72. The SMILES string of the molecule is Cc1ccc(C(c2ccc(C)c(N3C(=O)C4CC(C5CC(=O)N(C)C5=O)c5ccccc5C4C3=O)c2)(C(F)(F)F)C(F)(F)F)cc1C. The van der Waals surface area contributed by atoms with Crippen LogP contribution in [0.4, 0.5) is 32.0 Å². The van der Waals surface area contributed by atoms with E-state index in [-0.39, 0.29) is 35.6 Å². The normalized spacial score (nSPS) is 23.4. The number of carbonyl (C=O) groups is 4. The second kappa shape index (κ2) is 10.8. The fourth-order valence-corrected chi connectivity index (χ4v) is 7.60. The van der Waals surface area contributed by atoms with E-state index in [4.69, 9.17) is 0 Å². The van der Waals surface area contributed by atoms with E-state index in [2.05, 4.69) is 0 Å². The van der Waals surface area contributed by atoms with Crippen LogP contribution in [0.25, 0.3) is 0 Å². The minimum atomic E-state index is -5.86. The summed E-state index contributed by atoms with van der Waals surface area (Å²) in [6.45, 7) is 4.38. The molecule has 4 amide bonds. The summed E-state index contributed by atoms with van der Waals surface area (Å²) in [6.07, 6.45) is -11.8. The van der Waals surface area contributed by atoms with Gasteiger partial charge in [-0.05, 0) is 78.1 Å². The van der Waals surface area contributed by atoms with Gasteiger partial charge in [-0.1, -0.05) is 54.6 Å². The van der Waals surface area contributed by atoms with Gasteiger partial charge >= 0.3 is 12.4 Å². The van der Waals surface area contributed by atoms with Gasteiger partial charge in [-0.2, -0.15) is 26.3 Å². The number of rotatable bonds is 4. The van der Waals surface area contributed by atoms with Gasteiger partial charge < -0.3 is 0 Å². The molecule has 0 aromatic heterocycles. The molecule has 3 aromatic rings. The molecule has 4 atom stereocenters. The Morgan fingerprint density at radius 3 is 1.77 bits per heavy atom. The first-order valence-electron chi connectivity index (χ1n) is 15.0. The maximum Gasteiger partial charge on any atom is 0.411 e. The highest BCUT2D eigenvalue weighted by Crippen LogP contribution is 2.58. The van der Waals surface area contributed by atoms with Crippen molar-refractivity contribution in [1.29, 1.82) is 0 Å². The van der Waals surface area contributed by atoms with Crippen LogP contribution in [0.5, 0.6) is 0 Å². The number of hydrogen-bond acceptors (Lipinski definition) is 4. The van der Waals surface area contributed by atoms with Gasteiger partial charge in [0.25, 0.3) is 0 Å². The van der Waals surface area contributed by atoms with Crippen LogP contribution in [-0.4, -0.2) is 47.9 Å². The molecule has 2 saturated heterocycles. The first-order valence-corrected chi connectivity index (χ1v) is 15.0. The Labute approximate surface area is 266 Å². The Morgan fingerprint density at radius 2 is 1.21 bits per heavy atom. The molecule has 3 aliphatic rings. The van der Waals surface area contributed by atoms with Crippen molar-refractivity contribution in [2.45, 2.75) is 63.2 Å². The number of fused-ring (bicyclic) bond motifs is 3. The molecular formula is C35H30F6N2O4. The molecule has 12 heteroatoms. The van der Waals surface area contributed by atoms with Crippen LogP contribution in [0.3, 0.4) is 0 Å². The maximum absolute atomic E-state index is 15.0. The molecule has 2 aliphatic heterocycles. The van der Waals surface area contributed by atoms with Gasteiger partial charge in [0.2, 0.25) is 29.0 Å². The van der Waals surface area contributed by atoms with Crippen LogP contribution in [0.1, 0.15) is 63.6 Å². The molecule has 1 aliphatic carbocycles. The number of hydrogen-bond donors (Lipinski definition) is 0. The Kier molecular flexibility index (Phi) is 7.45. The summed E-state index contributed by atoms with van der Waals surface area (Å²) in [5.41, 5.74) is -5.19. The number of alkyl halides is 6. The minimum Gasteiger partial charge on any atom is -0.285 e. The quantitative estimate of drug-likeness (QED) is 0.229. The van der Waals surface area contributed by atoms with Crippen LogP contribution in [0.2, 0.25) is 0 Å². The first kappa shape index (κ1) is 32.5. The topological polar surface area (TPSA) is 74.8 Å². The van der Waals surface area contributed by atoms with E-state index in [9.17, 15) is 45.5 Å². The molecule has 0 N–H and O–H groups in total. The van der Waals surface area contributed by atoms with E-state index in [0.29, 0.717) is 27.7 Å². The minimum absolute atomic E-state index is 0.00327. The number of imide groups is 2. The molecule has 0 radical (unpaired) electrons. The summed E-state index contributed by atoms with van der Waals surface area (Å²) in [6, 6.07) is 12.0. The van der Waals surface area contributed by atoms with Crippen molar-refractivity contribution >= 4 is 29.3 Å². The first-order chi connectivity index (χ1) is 21.9. The third kappa shape index (κ3) is 4.62. The zero-order valence-corrected chi connectivity index (χ0v) is 25.8. The summed E-state index contributed by atoms with van der Waals surface area (Å²) in [5.74, 6) is -5.89. The van der Waals surface area contributed by atoms with Gasteiger partial charge in [0.15, 0.2) is 0 Å². The molecule has 47 heavy (non-hydrogen) atoms. The predicted octanol–water partition coefficient (Wildman–Crippen LogP) is 6.79. The maximum atomic E-state index is 15.0. The summed E-state index contributed by atoms with van der Waals surface area (Å²) in [7, 11) is 1.36. The average Bonchev–Trinajstić information content (AvgIpc) is 3.40. The highest BCUT2D eigenvalue weighted by molar-refractivity contribution is 6.24. The lowest BCUT2D eigenvalue weighted by Crippen LogP contribution is -2.55. The molecule has 3 aromatic carbocycles. The molecule has 2 fully saturated rings. The Morgan fingerprint density at radius 1 is 0.638 bits per heavy atom. The van der Waals surface area contributed by atoms with E-state index in [1.807, 2.05) is 0 Å². The monoisotopic (exact) mass is 656 g/mol. The molecule has 0 saturated carbocycles. The van der Waals surface area contributed by atoms with E-state index >= 15 is 0 Å². The average molecular weight is 657 g/mol. The Balaban J connectivity index is 1.50. The lowest BCUT2D eigenvalue weighted by molar-refractivity contribution is -0.288. The van der Waals surface area contributed by atoms with Crippen molar-refractivity contribution in [2.24, 2.45) is 11.8 Å². The van der Waals surface area contributed by atoms with Crippen molar-refractivity contribution in [3.8, 4) is 0 Å². The van der Waals surface area contributed by atoms with Crippen molar-refractivity contribution in [1.82, 2.24) is 4.90 Å². The number of aryl methyl sites for hydroxylation is 3. The Hall–Kier alpha value is -4.48. The van der Waals surface area contributed by atoms with Crippen LogP contribution >= 0.6 is 0 Å². The van der Waals surface area contributed by atoms with Crippen molar-refractivity contribution in [3.05, 3.63) is 99.6 Å². The van der Waals surface area contributed by atoms with Crippen LogP contribution < -0.4 is 4.90 Å². The lowest BCUT2D eigenvalue weighted by Gasteiger charge is -2.39. The van der Waals surface area contributed by atoms with Gasteiger partial charge in [-0.25, -0.2) is 4.90 Å². The number of anilines is 1. The van der Waals surface area contributed by atoms with Crippen LogP contribution in [0, 0.1) is 32.6 Å². The molecule has 4 unspecified atom stereocenters. The third-order valence-corrected chi connectivity index (χ3v) is 10.2. The second-order valence-corrected chi connectivity index (χ2v) is 12.7. The fraction of sp³-hybridized carbons (Fsp3) is 0.371. The lowest BCUT2D eigenvalue weighted by atomic mass is 9.67. The third-order valence-electron chi connectivity index (χ3n) is 10.2. The molecule has 0 bridgehead atoms. The van der Waals surface area contributed by atoms with Gasteiger partial charge in [0, 0.05) is 13.5 Å². The van der Waals surface area contributed by atoms with E-state index in [1.54, 1.807) is 31.2 Å². The summed E-state index contributed by atoms with van der Waals surface area (Å²) < 4.78 is 90.0. The molecule has 2 heterocycles. The number of benzene rings is 3. The number of amides is 4. The summed E-state index contributed by atoms with van der Waals surface area (Å²) >= 11 is 0. The van der Waals surface area contributed by atoms with Gasteiger partial charge in [-0.15, -0.1) is 0 Å². The zero-order chi connectivity index (χ0) is 34.4. The van der Waals surface area contributed by atoms with E-state index in [1.165, 1.54) is 27.0 Å². The van der Waals surface area contributed by atoms with Crippen molar-refractivity contribution in [3.63, 3.8) is 0 Å². The number of carbonyl (C=O) groups excluding carboxylic acids is 4. The zero-order valence-electron chi connectivity index (χ0n) is 25.8. The van der Waals surface area contributed by atoms with Crippen LogP contribution in [0.15, 0.2) is 60.7 Å². The summed E-state index contributed by atoms with van der Waals surface area (Å²) in [5, 5.41) is 0. The molecule has 246 valence electrons. The van der Waals surface area contributed by atoms with E-state index < -0.39 is 70.3 Å². The largest absolute Gasteiger partial charge is 0.411 e. The van der Waals surface area contributed by atoms with Crippen molar-refractivity contribution in [2.75, 3.05) is 11.9 Å². The van der Waals surface area contributed by atoms with Gasteiger partial charge in [-0.3, -0.25) is 24.1 Å². The van der Waals surface area contributed by atoms with Crippen LogP contribution in [-0.2, 0) is 24.6 Å². The predicted molar refractivity (Wildman–Crippen MR) is 158 cm³/mol. The van der Waals surface area contributed by atoms with Gasteiger partial charge in [0.05, 0.1) is 23.4 Å². The molecule has 0 spiro atoms. The number of likely N-dealkylation sites (tertiary alicyclic amines) is 1. The molecule has 6 rings (SSSR count). The van der Waals surface area contributed by atoms with Crippen molar-refractivity contribution < 1.29 is 45.5 Å². The highest BCUT2D eigenvalue weighted by atomic mass is 19.4. The Bertz CT molecular complexity index is 1830. The smallest absolute Gasteiger partial charge is 0.285 e. The number of nitrogens with zero attached hydrogens (tertiary/aromatic N) is 2. The second-order valence-electron chi connectivity index (χ2n) is 12.7. The number of halogens is 6. The fourth-order valence-electron chi connectivity index (χ4n) is 7.60.